The number of nitrogens with zero attached hydrogens (tertiary/aromatic N) is 2. The number of nitrogens with two attached hydrogens (primary N) is 2. The number of allylic oxidation sites excluding steroid dienone is 1. The molecule has 1 aliphatic rings. The van der Waals surface area contributed by atoms with Crippen LogP contribution >= 0.6 is 0 Å². The van der Waals surface area contributed by atoms with E-state index in [4.69, 9.17) is 11.5 Å². The number of pyridine rings is 1. The monoisotopic (exact) mass is 361 g/mol. The van der Waals surface area contributed by atoms with Crippen molar-refractivity contribution in [3.63, 3.8) is 0 Å². The van der Waals surface area contributed by atoms with Gasteiger partial charge >= 0.3 is 0 Å². The summed E-state index contributed by atoms with van der Waals surface area (Å²) in [4.78, 5) is 8.06. The Morgan fingerprint density at radius 2 is 1.85 bits per heavy atom. The van der Waals surface area contributed by atoms with Crippen LogP contribution in [0.25, 0.3) is 11.3 Å². The summed E-state index contributed by atoms with van der Waals surface area (Å²) in [6.07, 6.45) is -1.21. The topological polar surface area (TPSA) is 89.3 Å². The fourth-order valence-corrected chi connectivity index (χ4v) is 2.69. The molecule has 0 saturated carbocycles. The highest BCUT2D eigenvalue weighted by Gasteiger charge is 2.28. The maximum absolute atomic E-state index is 13.3. The molecule has 3 rings (SSSR count). The van der Waals surface area contributed by atoms with Gasteiger partial charge in [0.15, 0.2) is 5.79 Å². The molecule has 0 radical (unpaired) electrons. The molecule has 0 spiro atoms. The summed E-state index contributed by atoms with van der Waals surface area (Å²) in [5.74, 6) is -1.63. The van der Waals surface area contributed by atoms with E-state index in [0.717, 1.165) is 0 Å². The summed E-state index contributed by atoms with van der Waals surface area (Å²) in [6, 6.07) is 8.71. The first-order valence-electron chi connectivity index (χ1n) is 7.91. The number of hydrogen-bond donors (Lipinski definition) is 3. The minimum Gasteiger partial charge on any atom is -0.347 e. The van der Waals surface area contributed by atoms with Crippen molar-refractivity contribution in [2.75, 3.05) is 6.54 Å². The van der Waals surface area contributed by atoms with Crippen molar-refractivity contribution in [1.29, 1.82) is 0 Å². The summed E-state index contributed by atoms with van der Waals surface area (Å²) in [6.45, 7) is 1.65. The van der Waals surface area contributed by atoms with Crippen LogP contribution in [0.15, 0.2) is 41.4 Å². The number of halogens is 3. The van der Waals surface area contributed by atoms with Gasteiger partial charge in [0.05, 0.1) is 12.2 Å². The minimum atomic E-state index is -2.70. The van der Waals surface area contributed by atoms with Crippen LogP contribution in [0.4, 0.5) is 13.2 Å². The fourth-order valence-electron chi connectivity index (χ4n) is 2.69. The number of rotatable bonds is 4. The number of aliphatic imine (C=N–C) groups is 1. The number of aromatic nitrogens is 1. The van der Waals surface area contributed by atoms with Gasteiger partial charge < -0.3 is 11.1 Å². The van der Waals surface area contributed by atoms with Crippen LogP contribution in [0.5, 0.6) is 0 Å². The van der Waals surface area contributed by atoms with E-state index in [9.17, 15) is 13.2 Å². The fraction of sp³-hybridized carbons (Fsp3) is 0.222. The van der Waals surface area contributed by atoms with Crippen molar-refractivity contribution in [2.24, 2.45) is 16.5 Å². The van der Waals surface area contributed by atoms with E-state index in [1.165, 1.54) is 24.4 Å². The third-order valence-electron chi connectivity index (χ3n) is 3.99. The molecule has 2 aromatic rings. The number of aryl methyl sites for hydroxylation is 1. The third-order valence-corrected chi connectivity index (χ3v) is 3.99. The van der Waals surface area contributed by atoms with Crippen LogP contribution in [0.2, 0.25) is 0 Å². The van der Waals surface area contributed by atoms with Crippen molar-refractivity contribution in [3.05, 3.63) is 64.7 Å². The Kier molecular flexibility index (Phi) is 4.80. The Balaban J connectivity index is 2.18. The lowest BCUT2D eigenvalue weighted by molar-refractivity contribution is 0.146. The maximum atomic E-state index is 13.3. The maximum Gasteiger partial charge on any atom is 0.280 e. The quantitative estimate of drug-likeness (QED) is 0.781. The minimum absolute atomic E-state index is 0.0130. The summed E-state index contributed by atoms with van der Waals surface area (Å²) < 4.78 is 39.5. The number of benzene rings is 1. The lowest BCUT2D eigenvalue weighted by Crippen LogP contribution is -2.57. The number of alkyl halides is 2. The molecule has 0 fully saturated rings. The van der Waals surface area contributed by atoms with Crippen LogP contribution < -0.4 is 16.8 Å². The summed E-state index contributed by atoms with van der Waals surface area (Å²) in [5, 5.41) is 3.04. The smallest absolute Gasteiger partial charge is 0.280 e. The van der Waals surface area contributed by atoms with Crippen LogP contribution in [-0.4, -0.2) is 23.5 Å². The Labute approximate surface area is 148 Å². The molecule has 1 unspecified atom stereocenters. The molecule has 1 aromatic carbocycles. The number of nitrogens with one attached hydrogen (secondary N) is 1. The first kappa shape index (κ1) is 18.1. The Hall–Kier alpha value is -2.71. The first-order chi connectivity index (χ1) is 12.3. The van der Waals surface area contributed by atoms with Crippen LogP contribution in [-0.2, 0) is 0 Å². The molecule has 26 heavy (non-hydrogen) atoms. The van der Waals surface area contributed by atoms with Crippen molar-refractivity contribution in [3.8, 4) is 0 Å². The third kappa shape index (κ3) is 3.61. The van der Waals surface area contributed by atoms with Gasteiger partial charge in [-0.15, -0.1) is 0 Å². The molecule has 5 nitrogen and oxygen atoms in total. The van der Waals surface area contributed by atoms with E-state index in [1.54, 1.807) is 25.1 Å². The van der Waals surface area contributed by atoms with Crippen LogP contribution in [0, 0.1) is 12.7 Å². The molecule has 0 bridgehead atoms. The van der Waals surface area contributed by atoms with Crippen molar-refractivity contribution in [2.45, 2.75) is 19.1 Å². The summed E-state index contributed by atoms with van der Waals surface area (Å²) in [7, 11) is 0. The predicted molar refractivity (Wildman–Crippen MR) is 94.7 cm³/mol. The van der Waals surface area contributed by atoms with E-state index in [-0.39, 0.29) is 12.2 Å². The molecule has 2 heterocycles. The lowest BCUT2D eigenvalue weighted by Gasteiger charge is -2.32. The highest BCUT2D eigenvalue weighted by Crippen LogP contribution is 2.30. The van der Waals surface area contributed by atoms with Gasteiger partial charge in [0.25, 0.3) is 6.43 Å². The molecular formula is C18H18F3N5. The lowest BCUT2D eigenvalue weighted by atomic mass is 9.97. The molecule has 136 valence electrons. The van der Waals surface area contributed by atoms with Crippen LogP contribution in [0.1, 0.15) is 28.9 Å². The van der Waals surface area contributed by atoms with Crippen molar-refractivity contribution >= 4 is 17.5 Å². The standard InChI is InChI=1S/C18H18F3N5/c1-10-6-12(7-15(25-10)17(20)21)14-8-24-18(23,9-22)26-16(14)11-2-4-13(19)5-3-11/h2-8,17,26H,9,22-23H2,1H3. The highest BCUT2D eigenvalue weighted by molar-refractivity contribution is 6.20. The van der Waals surface area contributed by atoms with Gasteiger partial charge in [-0.2, -0.15) is 0 Å². The van der Waals surface area contributed by atoms with Gasteiger partial charge in [0.1, 0.15) is 11.5 Å². The Morgan fingerprint density at radius 1 is 1.15 bits per heavy atom. The SMILES string of the molecule is Cc1cc(C2=C(c3ccc(F)cc3)NC(N)(CN)N=C2)cc(C(F)F)n1. The van der Waals surface area contributed by atoms with Gasteiger partial charge in [-0.05, 0) is 54.4 Å². The van der Waals surface area contributed by atoms with Crippen molar-refractivity contribution < 1.29 is 13.2 Å². The Bertz CT molecular complexity index is 877. The predicted octanol–water partition coefficient (Wildman–Crippen LogP) is 2.58. The highest BCUT2D eigenvalue weighted by atomic mass is 19.3. The van der Waals surface area contributed by atoms with E-state index in [2.05, 4.69) is 15.3 Å². The van der Waals surface area contributed by atoms with Crippen LogP contribution in [0.3, 0.4) is 0 Å². The second-order valence-electron chi connectivity index (χ2n) is 6.03. The number of hydrogen-bond acceptors (Lipinski definition) is 5. The molecule has 1 aliphatic heterocycles. The molecule has 1 aromatic heterocycles. The molecule has 1 atom stereocenters. The van der Waals surface area contributed by atoms with E-state index in [0.29, 0.717) is 28.1 Å². The zero-order chi connectivity index (χ0) is 18.9. The zero-order valence-corrected chi connectivity index (χ0v) is 14.0. The first-order valence-corrected chi connectivity index (χ1v) is 7.91. The molecule has 8 heteroatoms. The van der Waals surface area contributed by atoms with E-state index in [1.807, 2.05) is 0 Å². The summed E-state index contributed by atoms with van der Waals surface area (Å²) in [5.41, 5.74) is 14.1. The van der Waals surface area contributed by atoms with Crippen molar-refractivity contribution in [1.82, 2.24) is 10.3 Å². The van der Waals surface area contributed by atoms with Gasteiger partial charge in [0, 0.05) is 17.5 Å². The average Bonchev–Trinajstić information content (AvgIpc) is 2.61. The second-order valence-corrected chi connectivity index (χ2v) is 6.03. The largest absolute Gasteiger partial charge is 0.347 e. The molecule has 5 N–H and O–H groups in total. The molecular weight excluding hydrogens is 343 g/mol. The zero-order valence-electron chi connectivity index (χ0n) is 14.0. The summed E-state index contributed by atoms with van der Waals surface area (Å²) >= 11 is 0. The van der Waals surface area contributed by atoms with E-state index >= 15 is 0 Å². The van der Waals surface area contributed by atoms with E-state index < -0.39 is 18.0 Å². The van der Waals surface area contributed by atoms with Gasteiger partial charge in [-0.1, -0.05) is 0 Å². The normalized spacial score (nSPS) is 19.8. The van der Waals surface area contributed by atoms with Gasteiger partial charge in [-0.3, -0.25) is 10.7 Å². The van der Waals surface area contributed by atoms with Gasteiger partial charge in [-0.25, -0.2) is 18.2 Å². The van der Waals surface area contributed by atoms with Gasteiger partial charge in [0.2, 0.25) is 0 Å². The molecule has 0 saturated heterocycles. The molecule has 0 aliphatic carbocycles. The Morgan fingerprint density at radius 3 is 2.46 bits per heavy atom. The average molecular weight is 361 g/mol. The second kappa shape index (κ2) is 6.89. The molecule has 0 amide bonds.